The third kappa shape index (κ3) is 6.64. The summed E-state index contributed by atoms with van der Waals surface area (Å²) in [4.78, 5) is 34.1. The van der Waals surface area contributed by atoms with E-state index in [1.807, 2.05) is 60.7 Å². The highest BCUT2D eigenvalue weighted by Crippen LogP contribution is 2.30. The second-order valence-corrected chi connectivity index (χ2v) is 13.7. The average molecular weight is 674 g/mol. The van der Waals surface area contributed by atoms with Gasteiger partial charge in [-0.05, 0) is 53.1 Å². The van der Waals surface area contributed by atoms with E-state index >= 15 is 0 Å². The first-order chi connectivity index (χ1) is 22.2. The van der Waals surface area contributed by atoms with Crippen molar-refractivity contribution in [3.63, 3.8) is 0 Å². The Labute approximate surface area is 277 Å². The molecule has 8 nitrogen and oxygen atoms in total. The molecule has 0 radical (unpaired) electrons. The van der Waals surface area contributed by atoms with Crippen LogP contribution < -0.4 is 5.32 Å². The molecule has 0 bridgehead atoms. The van der Waals surface area contributed by atoms with E-state index in [1.54, 1.807) is 53.6 Å². The summed E-state index contributed by atoms with van der Waals surface area (Å²) in [5.41, 5.74) is 2.88. The Morgan fingerprint density at radius 2 is 1.54 bits per heavy atom. The predicted octanol–water partition coefficient (Wildman–Crippen LogP) is 5.89. The number of carbonyl (C=O) groups excluding carboxylic acids is 2. The maximum absolute atomic E-state index is 14.3. The van der Waals surface area contributed by atoms with Crippen molar-refractivity contribution in [2.45, 2.75) is 23.4 Å². The normalized spacial score (nSPS) is 15.6. The summed E-state index contributed by atoms with van der Waals surface area (Å²) in [6.07, 6.45) is 1.64. The van der Waals surface area contributed by atoms with Gasteiger partial charge in [-0.1, -0.05) is 96.0 Å². The van der Waals surface area contributed by atoms with Crippen molar-refractivity contribution in [1.29, 1.82) is 0 Å². The number of benzene rings is 4. The Morgan fingerprint density at radius 1 is 0.848 bits per heavy atom. The number of sulfonamides is 1. The molecule has 5 aromatic rings. The Morgan fingerprint density at radius 3 is 2.22 bits per heavy atom. The van der Waals surface area contributed by atoms with Crippen LogP contribution in [0.5, 0.6) is 0 Å². The highest BCUT2D eigenvalue weighted by Gasteiger charge is 2.42. The van der Waals surface area contributed by atoms with Crippen molar-refractivity contribution in [3.05, 3.63) is 142 Å². The number of amides is 2. The fourth-order valence-corrected chi connectivity index (χ4v) is 7.82. The van der Waals surface area contributed by atoms with Gasteiger partial charge in [-0.2, -0.15) is 4.31 Å². The molecule has 1 atom stereocenters. The molecule has 0 aliphatic carbocycles. The van der Waals surface area contributed by atoms with E-state index in [9.17, 15) is 18.0 Å². The zero-order valence-corrected chi connectivity index (χ0v) is 26.9. The summed E-state index contributed by atoms with van der Waals surface area (Å²) in [5, 5.41) is 4.33. The number of fused-ring (bicyclic) bond motifs is 1. The van der Waals surface area contributed by atoms with Crippen LogP contribution in [0.3, 0.4) is 0 Å². The van der Waals surface area contributed by atoms with Crippen LogP contribution in [0.1, 0.15) is 22.6 Å². The Bertz CT molecular complexity index is 1960. The van der Waals surface area contributed by atoms with Crippen LogP contribution in [0.4, 0.5) is 0 Å². The monoisotopic (exact) mass is 672 g/mol. The maximum Gasteiger partial charge on any atom is 0.243 e. The lowest BCUT2D eigenvalue weighted by atomic mass is 9.89. The number of nitrogens with zero attached hydrogens (tertiary/aromatic N) is 3. The van der Waals surface area contributed by atoms with Crippen molar-refractivity contribution >= 4 is 55.9 Å². The second-order valence-electron chi connectivity index (χ2n) is 11.0. The molecule has 1 saturated heterocycles. The van der Waals surface area contributed by atoms with E-state index in [2.05, 4.69) is 10.3 Å². The Hall–Kier alpha value is -4.28. The predicted molar refractivity (Wildman–Crippen MR) is 179 cm³/mol. The van der Waals surface area contributed by atoms with E-state index in [0.717, 1.165) is 11.1 Å². The fraction of sp³-hybridized carbons (Fsp3) is 0.171. The molecule has 1 aliphatic heterocycles. The van der Waals surface area contributed by atoms with E-state index in [-0.39, 0.29) is 37.0 Å². The van der Waals surface area contributed by atoms with Gasteiger partial charge >= 0.3 is 0 Å². The Balaban J connectivity index is 1.33. The number of piperazine rings is 1. The van der Waals surface area contributed by atoms with Crippen molar-refractivity contribution < 1.29 is 18.0 Å². The van der Waals surface area contributed by atoms with Crippen LogP contribution in [0.25, 0.3) is 10.9 Å². The molecule has 0 saturated carbocycles. The van der Waals surface area contributed by atoms with Gasteiger partial charge in [-0.25, -0.2) is 8.42 Å². The standard InChI is InChI=1S/C35H30Cl2N4O4S/c36-28-14-13-27(30(37)21-28)22-39-34(42)32-23-40(35(43)33(24-8-3-1-4-9-24)25-10-5-2-6-11-25)18-19-41(32)46(44,45)29-15-16-31-26(20-29)12-7-17-38-31/h1-17,20-21,32-33H,18-19,22-23H2,(H,39,42). The van der Waals surface area contributed by atoms with Crippen LogP contribution in [-0.2, 0) is 26.2 Å². The number of carbonyl (C=O) groups is 2. The molecule has 1 unspecified atom stereocenters. The zero-order chi connectivity index (χ0) is 32.3. The number of hydrogen-bond donors (Lipinski definition) is 1. The third-order valence-corrected chi connectivity index (χ3v) is 10.6. The molecule has 1 N–H and O–H groups in total. The summed E-state index contributed by atoms with van der Waals surface area (Å²) >= 11 is 12.4. The summed E-state index contributed by atoms with van der Waals surface area (Å²) < 4.78 is 29.5. The van der Waals surface area contributed by atoms with Crippen LogP contribution in [0.15, 0.2) is 120 Å². The van der Waals surface area contributed by atoms with Gasteiger partial charge in [-0.3, -0.25) is 14.6 Å². The molecular formula is C35H30Cl2N4O4S. The molecule has 2 heterocycles. The van der Waals surface area contributed by atoms with Gasteiger partial charge in [0.05, 0.1) is 16.3 Å². The van der Waals surface area contributed by atoms with Gasteiger partial charge in [0.15, 0.2) is 0 Å². The van der Waals surface area contributed by atoms with E-state index < -0.39 is 27.9 Å². The first-order valence-corrected chi connectivity index (χ1v) is 16.9. The Kier molecular flexibility index (Phi) is 9.37. The quantitative estimate of drug-likeness (QED) is 0.222. The molecule has 0 spiro atoms. The van der Waals surface area contributed by atoms with E-state index in [0.29, 0.717) is 26.5 Å². The van der Waals surface area contributed by atoms with Crippen LogP contribution in [0.2, 0.25) is 10.0 Å². The summed E-state index contributed by atoms with van der Waals surface area (Å²) in [6.45, 7) is -0.0551. The summed E-state index contributed by atoms with van der Waals surface area (Å²) in [5.74, 6) is -1.40. The lowest BCUT2D eigenvalue weighted by Gasteiger charge is -2.40. The van der Waals surface area contributed by atoms with Crippen molar-refractivity contribution in [1.82, 2.24) is 19.5 Å². The minimum atomic E-state index is -4.15. The molecule has 4 aromatic carbocycles. The van der Waals surface area contributed by atoms with Gasteiger partial charge in [0.25, 0.3) is 0 Å². The lowest BCUT2D eigenvalue weighted by Crippen LogP contribution is -2.61. The molecule has 1 aromatic heterocycles. The zero-order valence-electron chi connectivity index (χ0n) is 24.6. The number of nitrogens with one attached hydrogen (secondary N) is 1. The molecule has 11 heteroatoms. The van der Waals surface area contributed by atoms with Gasteiger partial charge in [0, 0.05) is 47.8 Å². The highest BCUT2D eigenvalue weighted by atomic mass is 35.5. The minimum Gasteiger partial charge on any atom is -0.351 e. The molecular weight excluding hydrogens is 643 g/mol. The van der Waals surface area contributed by atoms with Crippen LogP contribution >= 0.6 is 23.2 Å². The summed E-state index contributed by atoms with van der Waals surface area (Å²) in [6, 6.07) is 30.8. The fourth-order valence-electron chi connectivity index (χ4n) is 5.73. The van der Waals surface area contributed by atoms with Crippen LogP contribution in [0, 0.1) is 0 Å². The molecule has 1 fully saturated rings. The number of pyridine rings is 1. The first kappa shape index (κ1) is 31.7. The smallest absolute Gasteiger partial charge is 0.243 e. The van der Waals surface area contributed by atoms with Crippen LogP contribution in [-0.4, -0.2) is 60.1 Å². The van der Waals surface area contributed by atoms with Gasteiger partial charge in [0.2, 0.25) is 21.8 Å². The molecule has 6 rings (SSSR count). The number of halogens is 2. The van der Waals surface area contributed by atoms with Crippen molar-refractivity contribution in [2.24, 2.45) is 0 Å². The highest BCUT2D eigenvalue weighted by molar-refractivity contribution is 7.89. The molecule has 46 heavy (non-hydrogen) atoms. The maximum atomic E-state index is 14.3. The van der Waals surface area contributed by atoms with Gasteiger partial charge in [-0.15, -0.1) is 0 Å². The molecule has 1 aliphatic rings. The number of hydrogen-bond acceptors (Lipinski definition) is 5. The average Bonchev–Trinajstić information content (AvgIpc) is 3.08. The lowest BCUT2D eigenvalue weighted by molar-refractivity contribution is -0.136. The van der Waals surface area contributed by atoms with E-state index in [1.165, 1.54) is 10.4 Å². The first-order valence-electron chi connectivity index (χ1n) is 14.7. The van der Waals surface area contributed by atoms with Crippen molar-refractivity contribution in [2.75, 3.05) is 19.6 Å². The largest absolute Gasteiger partial charge is 0.351 e. The number of rotatable bonds is 8. The van der Waals surface area contributed by atoms with E-state index in [4.69, 9.17) is 23.2 Å². The second kappa shape index (κ2) is 13.6. The number of aromatic nitrogens is 1. The SMILES string of the molecule is O=C(NCc1ccc(Cl)cc1Cl)C1CN(C(=O)C(c2ccccc2)c2ccccc2)CCN1S(=O)(=O)c1ccc2ncccc2c1. The third-order valence-electron chi connectivity index (χ3n) is 8.11. The van der Waals surface area contributed by atoms with Crippen molar-refractivity contribution in [3.8, 4) is 0 Å². The summed E-state index contributed by atoms with van der Waals surface area (Å²) in [7, 11) is -4.15. The van der Waals surface area contributed by atoms with Gasteiger partial charge in [0.1, 0.15) is 6.04 Å². The molecule has 234 valence electrons. The topological polar surface area (TPSA) is 99.7 Å². The minimum absolute atomic E-state index is 0.0396. The molecule has 2 amide bonds. The van der Waals surface area contributed by atoms with Gasteiger partial charge < -0.3 is 10.2 Å².